The van der Waals surface area contributed by atoms with E-state index in [2.05, 4.69) is 0 Å². The highest BCUT2D eigenvalue weighted by molar-refractivity contribution is 5.82. The zero-order valence-electron chi connectivity index (χ0n) is 9.85. The molecule has 0 aromatic heterocycles. The first-order chi connectivity index (χ1) is 8.73. The lowest BCUT2D eigenvalue weighted by atomic mass is 9.67. The van der Waals surface area contributed by atoms with Gasteiger partial charge in [-0.2, -0.15) is 0 Å². The zero-order chi connectivity index (χ0) is 14.7. The highest BCUT2D eigenvalue weighted by Gasteiger charge is 2.47. The van der Waals surface area contributed by atoms with Crippen molar-refractivity contribution in [1.82, 2.24) is 0 Å². The van der Waals surface area contributed by atoms with Crippen molar-refractivity contribution in [3.05, 3.63) is 0 Å². The second-order valence-electron chi connectivity index (χ2n) is 4.66. The van der Waals surface area contributed by atoms with Crippen LogP contribution in [0.2, 0.25) is 0 Å². The number of hydrogen-bond donors (Lipinski definition) is 4. The molecule has 4 N–H and O–H groups in total. The van der Waals surface area contributed by atoms with E-state index in [9.17, 15) is 19.2 Å². The van der Waals surface area contributed by atoms with Crippen LogP contribution in [0.4, 0.5) is 0 Å². The van der Waals surface area contributed by atoms with Crippen LogP contribution >= 0.6 is 0 Å². The minimum absolute atomic E-state index is 0.254. The maximum absolute atomic E-state index is 11.1. The lowest BCUT2D eigenvalue weighted by Crippen LogP contribution is -2.43. The molecule has 0 aliphatic heterocycles. The van der Waals surface area contributed by atoms with Crippen LogP contribution in [-0.4, -0.2) is 44.3 Å². The second kappa shape index (κ2) is 5.68. The summed E-state index contributed by atoms with van der Waals surface area (Å²) < 4.78 is 0. The third kappa shape index (κ3) is 3.43. The molecule has 0 radical (unpaired) electrons. The van der Waals surface area contributed by atoms with E-state index in [-0.39, 0.29) is 12.8 Å². The van der Waals surface area contributed by atoms with Crippen LogP contribution in [0.25, 0.3) is 0 Å². The summed E-state index contributed by atoms with van der Waals surface area (Å²) in [6.07, 6.45) is -1.10. The third-order valence-corrected chi connectivity index (χ3v) is 3.51. The average molecular weight is 274 g/mol. The van der Waals surface area contributed by atoms with Gasteiger partial charge in [-0.05, 0) is 18.8 Å². The molecule has 1 rings (SSSR count). The number of carbonyl (C=O) groups is 4. The van der Waals surface area contributed by atoms with Gasteiger partial charge in [0.15, 0.2) is 0 Å². The Bertz CT molecular complexity index is 415. The summed E-state index contributed by atoms with van der Waals surface area (Å²) in [4.78, 5) is 43.7. The van der Waals surface area contributed by atoms with Crippen LogP contribution in [0.3, 0.4) is 0 Å². The summed E-state index contributed by atoms with van der Waals surface area (Å²) in [5.74, 6) is -9.80. The van der Waals surface area contributed by atoms with Gasteiger partial charge >= 0.3 is 23.9 Å². The second-order valence-corrected chi connectivity index (χ2v) is 4.66. The van der Waals surface area contributed by atoms with Crippen LogP contribution in [0.1, 0.15) is 19.3 Å². The Kier molecular flexibility index (Phi) is 4.47. The molecule has 4 unspecified atom stereocenters. The molecule has 0 amide bonds. The molecule has 4 atom stereocenters. The topological polar surface area (TPSA) is 149 Å². The SMILES string of the molecule is O=C(O)CC1CC(C(=O)O)C(C(=O)O)CC1C(=O)O. The van der Waals surface area contributed by atoms with Gasteiger partial charge in [0.25, 0.3) is 0 Å². The van der Waals surface area contributed by atoms with E-state index in [0.29, 0.717) is 0 Å². The van der Waals surface area contributed by atoms with E-state index in [1.165, 1.54) is 0 Å². The summed E-state index contributed by atoms with van der Waals surface area (Å²) in [5, 5.41) is 35.7. The molecule has 1 aliphatic rings. The Morgan fingerprint density at radius 1 is 0.737 bits per heavy atom. The zero-order valence-corrected chi connectivity index (χ0v) is 9.85. The quantitative estimate of drug-likeness (QED) is 0.546. The maximum Gasteiger partial charge on any atom is 0.307 e. The number of aliphatic carboxylic acids is 4. The average Bonchev–Trinajstić information content (AvgIpc) is 2.26. The molecule has 8 heteroatoms. The predicted molar refractivity (Wildman–Crippen MR) is 58.4 cm³/mol. The first kappa shape index (κ1) is 14.9. The smallest absolute Gasteiger partial charge is 0.307 e. The van der Waals surface area contributed by atoms with Gasteiger partial charge in [-0.15, -0.1) is 0 Å². The van der Waals surface area contributed by atoms with E-state index < -0.39 is 54.0 Å². The Morgan fingerprint density at radius 3 is 1.53 bits per heavy atom. The molecule has 0 aromatic rings. The van der Waals surface area contributed by atoms with Crippen LogP contribution in [0.15, 0.2) is 0 Å². The highest BCUT2D eigenvalue weighted by Crippen LogP contribution is 2.40. The first-order valence-corrected chi connectivity index (χ1v) is 5.64. The molecule has 0 saturated heterocycles. The molecule has 0 spiro atoms. The van der Waals surface area contributed by atoms with Crippen LogP contribution < -0.4 is 0 Å². The third-order valence-electron chi connectivity index (χ3n) is 3.51. The molecular weight excluding hydrogens is 260 g/mol. The van der Waals surface area contributed by atoms with E-state index in [1.54, 1.807) is 0 Å². The van der Waals surface area contributed by atoms with E-state index in [4.69, 9.17) is 20.4 Å². The Labute approximate surface area is 107 Å². The summed E-state index contributed by atoms with van der Waals surface area (Å²) in [6, 6.07) is 0. The summed E-state index contributed by atoms with van der Waals surface area (Å²) in [5.41, 5.74) is 0. The van der Waals surface area contributed by atoms with Crippen molar-refractivity contribution in [3.8, 4) is 0 Å². The fourth-order valence-electron chi connectivity index (χ4n) is 2.58. The normalized spacial score (nSPS) is 30.5. The van der Waals surface area contributed by atoms with E-state index in [1.807, 2.05) is 0 Å². The Hall–Kier alpha value is -2.12. The Balaban J connectivity index is 3.00. The largest absolute Gasteiger partial charge is 0.481 e. The molecule has 19 heavy (non-hydrogen) atoms. The van der Waals surface area contributed by atoms with Crippen molar-refractivity contribution < 1.29 is 39.6 Å². The number of rotatable bonds is 5. The Morgan fingerprint density at radius 2 is 1.16 bits per heavy atom. The van der Waals surface area contributed by atoms with Crippen molar-refractivity contribution in [2.75, 3.05) is 0 Å². The fraction of sp³-hybridized carbons (Fsp3) is 0.636. The molecular formula is C11H14O8. The lowest BCUT2D eigenvalue weighted by Gasteiger charge is -2.35. The molecule has 1 aliphatic carbocycles. The predicted octanol–water partition coefficient (Wildman–Crippen LogP) is -0.0265. The van der Waals surface area contributed by atoms with Crippen molar-refractivity contribution in [2.24, 2.45) is 23.7 Å². The molecule has 0 heterocycles. The molecule has 1 saturated carbocycles. The fourth-order valence-corrected chi connectivity index (χ4v) is 2.58. The summed E-state index contributed by atoms with van der Waals surface area (Å²) in [7, 11) is 0. The van der Waals surface area contributed by atoms with E-state index >= 15 is 0 Å². The first-order valence-electron chi connectivity index (χ1n) is 5.64. The molecule has 0 bridgehead atoms. The van der Waals surface area contributed by atoms with E-state index in [0.717, 1.165) is 0 Å². The monoisotopic (exact) mass is 274 g/mol. The summed E-state index contributed by atoms with van der Waals surface area (Å²) in [6.45, 7) is 0. The van der Waals surface area contributed by atoms with Gasteiger partial charge in [-0.1, -0.05) is 0 Å². The number of carboxylic acids is 4. The maximum atomic E-state index is 11.1. The highest BCUT2D eigenvalue weighted by atomic mass is 16.4. The van der Waals surface area contributed by atoms with Crippen molar-refractivity contribution in [3.63, 3.8) is 0 Å². The lowest BCUT2D eigenvalue weighted by molar-refractivity contribution is -0.163. The minimum atomic E-state index is -1.37. The van der Waals surface area contributed by atoms with Crippen LogP contribution in [0.5, 0.6) is 0 Å². The van der Waals surface area contributed by atoms with Crippen molar-refractivity contribution in [1.29, 1.82) is 0 Å². The van der Waals surface area contributed by atoms with Crippen LogP contribution in [-0.2, 0) is 19.2 Å². The van der Waals surface area contributed by atoms with Gasteiger partial charge in [-0.25, -0.2) is 0 Å². The molecule has 8 nitrogen and oxygen atoms in total. The van der Waals surface area contributed by atoms with Gasteiger partial charge < -0.3 is 20.4 Å². The molecule has 1 fully saturated rings. The van der Waals surface area contributed by atoms with Gasteiger partial charge in [0.2, 0.25) is 0 Å². The van der Waals surface area contributed by atoms with Crippen molar-refractivity contribution >= 4 is 23.9 Å². The van der Waals surface area contributed by atoms with Gasteiger partial charge in [0, 0.05) is 6.42 Å². The molecule has 106 valence electrons. The van der Waals surface area contributed by atoms with Crippen LogP contribution in [0, 0.1) is 23.7 Å². The number of hydrogen-bond acceptors (Lipinski definition) is 4. The van der Waals surface area contributed by atoms with Crippen molar-refractivity contribution in [2.45, 2.75) is 19.3 Å². The minimum Gasteiger partial charge on any atom is -0.481 e. The van der Waals surface area contributed by atoms with Gasteiger partial charge in [0.1, 0.15) is 0 Å². The van der Waals surface area contributed by atoms with Gasteiger partial charge in [-0.3, -0.25) is 19.2 Å². The molecule has 0 aromatic carbocycles. The summed E-state index contributed by atoms with van der Waals surface area (Å²) >= 11 is 0. The standard InChI is InChI=1S/C11H14O8/c12-8(13)2-4-1-6(10(16)17)7(11(18)19)3-5(4)9(14)15/h4-7H,1-3H2,(H,12,13)(H,14,15)(H,16,17)(H,18,19). The number of carboxylic acid groups (broad SMARTS) is 4. The van der Waals surface area contributed by atoms with Gasteiger partial charge in [0.05, 0.1) is 17.8 Å².